The first-order valence-corrected chi connectivity index (χ1v) is 11.9. The Hall–Kier alpha value is -3.46. The van der Waals surface area contributed by atoms with Crippen molar-refractivity contribution in [3.8, 4) is 11.5 Å². The van der Waals surface area contributed by atoms with Gasteiger partial charge in [-0.3, -0.25) is 14.6 Å². The number of benzene rings is 3. The maximum Gasteiger partial charge on any atom is 0.281 e. The van der Waals surface area contributed by atoms with Crippen LogP contribution in [0.4, 0.5) is 11.4 Å². The first-order chi connectivity index (χ1) is 17.3. The van der Waals surface area contributed by atoms with Gasteiger partial charge >= 0.3 is 0 Å². The Morgan fingerprint density at radius 1 is 1.03 bits per heavy atom. The zero-order chi connectivity index (χ0) is 25.8. The predicted molar refractivity (Wildman–Crippen MR) is 141 cm³/mol. The van der Waals surface area contributed by atoms with Crippen LogP contribution in [-0.2, 0) is 9.59 Å². The second kappa shape index (κ2) is 11.1. The van der Waals surface area contributed by atoms with E-state index in [-0.39, 0.29) is 18.4 Å². The summed E-state index contributed by atoms with van der Waals surface area (Å²) in [5.74, 6) is 0.415. The van der Waals surface area contributed by atoms with Gasteiger partial charge in [-0.25, -0.2) is 5.43 Å². The highest BCUT2D eigenvalue weighted by Crippen LogP contribution is 2.39. The minimum atomic E-state index is -0.828. The van der Waals surface area contributed by atoms with Crippen molar-refractivity contribution in [1.82, 2.24) is 10.4 Å². The van der Waals surface area contributed by atoms with E-state index in [2.05, 4.69) is 10.7 Å². The Bertz CT molecular complexity index is 1240. The zero-order valence-electron chi connectivity index (χ0n) is 20.0. The third-order valence-electron chi connectivity index (χ3n) is 5.73. The van der Waals surface area contributed by atoms with E-state index >= 15 is 0 Å². The molecule has 1 heterocycles. The number of hydrazine groups is 1. The molecule has 1 saturated heterocycles. The van der Waals surface area contributed by atoms with Crippen molar-refractivity contribution in [1.29, 1.82) is 0 Å². The molecular formula is C26H26Cl2N4O4. The normalized spacial score (nSPS) is 16.8. The number of hydrogen-bond donors (Lipinski definition) is 2. The molecule has 2 N–H and O–H groups in total. The lowest BCUT2D eigenvalue weighted by Gasteiger charge is -2.46. The minimum Gasteiger partial charge on any atom is -0.497 e. The van der Waals surface area contributed by atoms with E-state index in [1.54, 1.807) is 49.6 Å². The molecule has 0 aromatic heterocycles. The smallest absolute Gasteiger partial charge is 0.281 e. The highest BCUT2D eigenvalue weighted by molar-refractivity contribution is 6.35. The van der Waals surface area contributed by atoms with Crippen molar-refractivity contribution in [3.63, 3.8) is 0 Å². The number of ether oxygens (including phenoxy) is 2. The minimum absolute atomic E-state index is 0.113. The highest BCUT2D eigenvalue weighted by Gasteiger charge is 2.51. The number of anilines is 2. The quantitative estimate of drug-likeness (QED) is 0.396. The van der Waals surface area contributed by atoms with Gasteiger partial charge in [0.05, 0.1) is 18.7 Å². The molecule has 2 amide bonds. The molecule has 0 radical (unpaired) electrons. The largest absolute Gasteiger partial charge is 0.497 e. The van der Waals surface area contributed by atoms with Crippen LogP contribution in [0.2, 0.25) is 10.0 Å². The van der Waals surface area contributed by atoms with Gasteiger partial charge in [-0.15, -0.1) is 0 Å². The lowest BCUT2D eigenvalue weighted by Crippen LogP contribution is -2.66. The summed E-state index contributed by atoms with van der Waals surface area (Å²) >= 11 is 12.3. The molecule has 0 spiro atoms. The molecule has 3 aromatic rings. The van der Waals surface area contributed by atoms with Gasteiger partial charge in [0.15, 0.2) is 0 Å². The van der Waals surface area contributed by atoms with Crippen LogP contribution in [0, 0.1) is 0 Å². The van der Waals surface area contributed by atoms with Crippen LogP contribution in [0.1, 0.15) is 11.6 Å². The van der Waals surface area contributed by atoms with Gasteiger partial charge in [0, 0.05) is 30.5 Å². The fourth-order valence-corrected chi connectivity index (χ4v) is 4.24. The van der Waals surface area contributed by atoms with Crippen molar-refractivity contribution in [2.45, 2.75) is 12.1 Å². The molecule has 1 aliphatic rings. The molecule has 3 aromatic carbocycles. The number of nitrogens with zero attached hydrogens (tertiary/aromatic N) is 2. The number of nitrogens with one attached hydrogen (secondary N) is 2. The van der Waals surface area contributed by atoms with Crippen molar-refractivity contribution in [2.24, 2.45) is 0 Å². The number of β-lactam (4-membered cyclic amide) rings is 1. The molecule has 2 unspecified atom stereocenters. The number of carbonyl (C=O) groups excluding carboxylic acids is 2. The standard InChI is InChI=1S/C26H26Cl2N4O4/c1-31(2)19-9-4-16(5-10-19)24-25(36-22-13-6-17(27)14-21(22)28)26(34)32(24)29-15-23(33)30-18-7-11-20(35-3)12-8-18/h4-14,24-25,29H,15H2,1-3H3,(H,30,33). The molecule has 0 saturated carbocycles. The average molecular weight is 529 g/mol. The summed E-state index contributed by atoms with van der Waals surface area (Å²) in [7, 11) is 5.47. The van der Waals surface area contributed by atoms with Crippen LogP contribution >= 0.6 is 23.2 Å². The first kappa shape index (κ1) is 25.6. The van der Waals surface area contributed by atoms with Crippen LogP contribution in [0.15, 0.2) is 66.7 Å². The molecule has 4 rings (SSSR count). The lowest BCUT2D eigenvalue weighted by molar-refractivity contribution is -0.171. The summed E-state index contributed by atoms with van der Waals surface area (Å²) in [6.45, 7) is -0.113. The Morgan fingerprint density at radius 3 is 2.33 bits per heavy atom. The predicted octanol–water partition coefficient (Wildman–Crippen LogP) is 4.54. The summed E-state index contributed by atoms with van der Waals surface area (Å²) in [6, 6.07) is 19.1. The van der Waals surface area contributed by atoms with Crippen LogP contribution in [0.5, 0.6) is 11.5 Å². The number of carbonyl (C=O) groups is 2. The highest BCUT2D eigenvalue weighted by atomic mass is 35.5. The summed E-state index contributed by atoms with van der Waals surface area (Å²) in [5, 5.41) is 4.97. The topological polar surface area (TPSA) is 83.1 Å². The summed E-state index contributed by atoms with van der Waals surface area (Å²) in [6.07, 6.45) is -0.828. The molecule has 0 bridgehead atoms. The van der Waals surface area contributed by atoms with Gasteiger partial charge in [-0.2, -0.15) is 0 Å². The summed E-state index contributed by atoms with van der Waals surface area (Å²) in [4.78, 5) is 27.6. The van der Waals surface area contributed by atoms with Gasteiger partial charge in [-0.1, -0.05) is 35.3 Å². The average Bonchev–Trinajstić information content (AvgIpc) is 2.86. The molecule has 36 heavy (non-hydrogen) atoms. The van der Waals surface area contributed by atoms with Gasteiger partial charge in [0.1, 0.15) is 17.5 Å². The molecule has 0 aliphatic carbocycles. The molecule has 1 fully saturated rings. The molecule has 188 valence electrons. The number of hydrogen-bond acceptors (Lipinski definition) is 6. The molecule has 1 aliphatic heterocycles. The van der Waals surface area contributed by atoms with Crippen molar-refractivity contribution >= 4 is 46.4 Å². The molecule has 10 heteroatoms. The summed E-state index contributed by atoms with van der Waals surface area (Å²) in [5.41, 5.74) is 5.42. The second-order valence-corrected chi connectivity index (χ2v) is 9.21. The number of rotatable bonds is 9. The van der Waals surface area contributed by atoms with Crippen molar-refractivity contribution in [2.75, 3.05) is 38.0 Å². The Morgan fingerprint density at radius 2 is 1.72 bits per heavy atom. The van der Waals surface area contributed by atoms with Crippen molar-refractivity contribution < 1.29 is 19.1 Å². The van der Waals surface area contributed by atoms with Crippen LogP contribution in [-0.4, -0.2) is 50.7 Å². The fourth-order valence-electron chi connectivity index (χ4n) is 3.79. The monoisotopic (exact) mass is 528 g/mol. The third-order valence-corrected chi connectivity index (χ3v) is 6.26. The first-order valence-electron chi connectivity index (χ1n) is 11.2. The lowest BCUT2D eigenvalue weighted by atomic mass is 9.92. The summed E-state index contributed by atoms with van der Waals surface area (Å²) < 4.78 is 11.1. The Balaban J connectivity index is 1.48. The van der Waals surface area contributed by atoms with E-state index in [9.17, 15) is 9.59 Å². The third kappa shape index (κ3) is 5.67. The van der Waals surface area contributed by atoms with Gasteiger partial charge in [0.2, 0.25) is 12.0 Å². The maximum absolute atomic E-state index is 13.1. The van der Waals surface area contributed by atoms with E-state index in [0.717, 1.165) is 11.3 Å². The van der Waals surface area contributed by atoms with Gasteiger partial charge < -0.3 is 19.7 Å². The molecule has 2 atom stereocenters. The van der Waals surface area contributed by atoms with Crippen LogP contribution < -0.4 is 25.1 Å². The SMILES string of the molecule is COc1ccc(NC(=O)CNN2C(=O)C(Oc3ccc(Cl)cc3Cl)C2c2ccc(N(C)C)cc2)cc1. The second-order valence-electron chi connectivity index (χ2n) is 8.36. The molecule has 8 nitrogen and oxygen atoms in total. The Kier molecular flexibility index (Phi) is 7.88. The zero-order valence-corrected chi connectivity index (χ0v) is 21.5. The van der Waals surface area contributed by atoms with E-state index in [0.29, 0.717) is 27.2 Å². The van der Waals surface area contributed by atoms with Crippen molar-refractivity contribution in [3.05, 3.63) is 82.3 Å². The fraction of sp³-hybridized carbons (Fsp3) is 0.231. The van der Waals surface area contributed by atoms with E-state index < -0.39 is 12.1 Å². The number of halogens is 2. The van der Waals surface area contributed by atoms with Gasteiger partial charge in [-0.05, 0) is 60.2 Å². The van der Waals surface area contributed by atoms with Gasteiger partial charge in [0.25, 0.3) is 5.91 Å². The van der Waals surface area contributed by atoms with E-state index in [4.69, 9.17) is 32.7 Å². The molecular weight excluding hydrogens is 503 g/mol. The van der Waals surface area contributed by atoms with Crippen LogP contribution in [0.3, 0.4) is 0 Å². The van der Waals surface area contributed by atoms with Crippen LogP contribution in [0.25, 0.3) is 0 Å². The van der Waals surface area contributed by atoms with E-state index in [1.165, 1.54) is 5.01 Å². The number of methoxy groups -OCH3 is 1. The maximum atomic E-state index is 13.1. The Labute approximate surface area is 219 Å². The number of amides is 2. The van der Waals surface area contributed by atoms with E-state index in [1.807, 2.05) is 43.3 Å².